The van der Waals surface area contributed by atoms with Crippen molar-refractivity contribution in [2.75, 3.05) is 32.7 Å². The van der Waals surface area contributed by atoms with Crippen LogP contribution in [-0.2, 0) is 0 Å². The van der Waals surface area contributed by atoms with E-state index in [9.17, 15) is 14.0 Å². The van der Waals surface area contributed by atoms with E-state index < -0.39 is 5.82 Å². The molecule has 1 aromatic rings. The van der Waals surface area contributed by atoms with E-state index in [1.807, 2.05) is 6.92 Å². The van der Waals surface area contributed by atoms with E-state index in [-0.39, 0.29) is 17.0 Å². The smallest absolute Gasteiger partial charge is 0.317 e. The van der Waals surface area contributed by atoms with E-state index in [4.69, 9.17) is 11.6 Å². The van der Waals surface area contributed by atoms with Gasteiger partial charge in [0, 0.05) is 38.3 Å². The summed E-state index contributed by atoms with van der Waals surface area (Å²) in [6, 6.07) is 3.87. The molecule has 1 fully saturated rings. The van der Waals surface area contributed by atoms with Crippen molar-refractivity contribution in [3.05, 3.63) is 34.6 Å². The van der Waals surface area contributed by atoms with Crippen molar-refractivity contribution >= 4 is 23.5 Å². The van der Waals surface area contributed by atoms with Crippen LogP contribution in [0.2, 0.25) is 5.02 Å². The molecular formula is C16H21ClFN3O2. The van der Waals surface area contributed by atoms with E-state index in [0.29, 0.717) is 44.7 Å². The van der Waals surface area contributed by atoms with Crippen molar-refractivity contribution < 1.29 is 14.0 Å². The molecule has 0 bridgehead atoms. The normalized spacial score (nSPS) is 15.3. The zero-order valence-electron chi connectivity index (χ0n) is 13.1. The third-order valence-corrected chi connectivity index (χ3v) is 4.05. The molecule has 0 aliphatic carbocycles. The van der Waals surface area contributed by atoms with Crippen LogP contribution in [0.25, 0.3) is 0 Å². The number of nitrogens with one attached hydrogen (secondary N) is 1. The Balaban J connectivity index is 1.98. The highest BCUT2D eigenvalue weighted by Gasteiger charge is 2.23. The van der Waals surface area contributed by atoms with Crippen molar-refractivity contribution in [2.24, 2.45) is 0 Å². The summed E-state index contributed by atoms with van der Waals surface area (Å²) in [6.07, 6.45) is 1.59. The number of benzene rings is 1. The van der Waals surface area contributed by atoms with Crippen LogP contribution < -0.4 is 5.32 Å². The van der Waals surface area contributed by atoms with Crippen LogP contribution in [-0.4, -0.2) is 54.5 Å². The Morgan fingerprint density at radius 3 is 2.61 bits per heavy atom. The molecule has 23 heavy (non-hydrogen) atoms. The maximum absolute atomic E-state index is 13.2. The minimum atomic E-state index is -0.544. The third kappa shape index (κ3) is 4.58. The fourth-order valence-electron chi connectivity index (χ4n) is 2.48. The summed E-state index contributed by atoms with van der Waals surface area (Å²) in [4.78, 5) is 27.9. The van der Waals surface area contributed by atoms with E-state index in [1.165, 1.54) is 18.2 Å². The highest BCUT2D eigenvalue weighted by Crippen LogP contribution is 2.18. The maximum atomic E-state index is 13.2. The molecule has 0 radical (unpaired) electrons. The lowest BCUT2D eigenvalue weighted by Crippen LogP contribution is -2.42. The predicted octanol–water partition coefficient (Wildman–Crippen LogP) is 2.75. The van der Waals surface area contributed by atoms with Crippen molar-refractivity contribution in [3.63, 3.8) is 0 Å². The zero-order chi connectivity index (χ0) is 16.8. The molecule has 1 saturated heterocycles. The third-order valence-electron chi connectivity index (χ3n) is 3.76. The minimum Gasteiger partial charge on any atom is -0.338 e. The number of hydrogen-bond donors (Lipinski definition) is 1. The molecule has 126 valence electrons. The number of carbonyl (C=O) groups is 2. The summed E-state index contributed by atoms with van der Waals surface area (Å²) in [5.74, 6) is -0.736. The van der Waals surface area contributed by atoms with Crippen molar-refractivity contribution in [3.8, 4) is 0 Å². The van der Waals surface area contributed by atoms with Crippen LogP contribution in [0.4, 0.5) is 9.18 Å². The molecule has 1 aliphatic heterocycles. The summed E-state index contributed by atoms with van der Waals surface area (Å²) in [7, 11) is 0. The first-order valence-electron chi connectivity index (χ1n) is 7.80. The largest absolute Gasteiger partial charge is 0.338 e. The lowest BCUT2D eigenvalue weighted by atomic mass is 10.2. The van der Waals surface area contributed by atoms with Crippen molar-refractivity contribution in [1.29, 1.82) is 0 Å². The Hall–Kier alpha value is -1.82. The second kappa shape index (κ2) is 8.15. The molecule has 1 heterocycles. The van der Waals surface area contributed by atoms with Crippen LogP contribution in [0.15, 0.2) is 18.2 Å². The van der Waals surface area contributed by atoms with Gasteiger partial charge in [0.2, 0.25) is 0 Å². The Bertz CT molecular complexity index is 582. The molecule has 2 rings (SSSR count). The molecule has 0 saturated carbocycles. The number of rotatable bonds is 3. The van der Waals surface area contributed by atoms with E-state index >= 15 is 0 Å². The highest BCUT2D eigenvalue weighted by molar-refractivity contribution is 6.31. The molecule has 0 aromatic heterocycles. The SMILES string of the molecule is CCCNC(=O)N1CCCN(C(=O)c2ccc(F)c(Cl)c2)CC1. The van der Waals surface area contributed by atoms with Gasteiger partial charge < -0.3 is 15.1 Å². The average molecular weight is 342 g/mol. The molecule has 3 amide bonds. The first kappa shape index (κ1) is 17.5. The van der Waals surface area contributed by atoms with Gasteiger partial charge in [-0.25, -0.2) is 9.18 Å². The molecule has 1 N–H and O–H groups in total. The monoisotopic (exact) mass is 341 g/mol. The number of carbonyl (C=O) groups excluding carboxylic acids is 2. The zero-order valence-corrected chi connectivity index (χ0v) is 13.9. The molecule has 1 aromatic carbocycles. The summed E-state index contributed by atoms with van der Waals surface area (Å²) in [5, 5.41) is 2.78. The number of nitrogens with zero attached hydrogens (tertiary/aromatic N) is 2. The Morgan fingerprint density at radius 1 is 1.22 bits per heavy atom. The molecule has 5 nitrogen and oxygen atoms in total. The first-order chi connectivity index (χ1) is 11.0. The summed E-state index contributed by atoms with van der Waals surface area (Å²) in [6.45, 7) is 4.75. The number of amides is 3. The highest BCUT2D eigenvalue weighted by atomic mass is 35.5. The lowest BCUT2D eigenvalue weighted by Gasteiger charge is -2.22. The first-order valence-corrected chi connectivity index (χ1v) is 8.17. The van der Waals surface area contributed by atoms with Gasteiger partial charge in [-0.15, -0.1) is 0 Å². The molecule has 7 heteroatoms. The number of halogens is 2. The second-order valence-electron chi connectivity index (χ2n) is 5.49. The van der Waals surface area contributed by atoms with Gasteiger partial charge in [0.1, 0.15) is 5.82 Å². The molecule has 0 unspecified atom stereocenters. The van der Waals surface area contributed by atoms with E-state index in [1.54, 1.807) is 9.80 Å². The van der Waals surface area contributed by atoms with Gasteiger partial charge in [-0.05, 0) is 31.0 Å². The Kier molecular flexibility index (Phi) is 6.21. The van der Waals surface area contributed by atoms with Gasteiger partial charge in [-0.3, -0.25) is 4.79 Å². The van der Waals surface area contributed by atoms with E-state index in [2.05, 4.69) is 5.32 Å². The topological polar surface area (TPSA) is 52.7 Å². The van der Waals surface area contributed by atoms with Gasteiger partial charge in [0.25, 0.3) is 5.91 Å². The van der Waals surface area contributed by atoms with Crippen LogP contribution in [0, 0.1) is 5.82 Å². The van der Waals surface area contributed by atoms with Crippen LogP contribution >= 0.6 is 11.6 Å². The van der Waals surface area contributed by atoms with E-state index in [0.717, 1.165) is 6.42 Å². The number of hydrogen-bond acceptors (Lipinski definition) is 2. The van der Waals surface area contributed by atoms with Gasteiger partial charge in [0.05, 0.1) is 5.02 Å². The van der Waals surface area contributed by atoms with Crippen molar-refractivity contribution in [1.82, 2.24) is 15.1 Å². The molecule has 1 aliphatic rings. The molecule has 0 atom stereocenters. The quantitative estimate of drug-likeness (QED) is 0.919. The van der Waals surface area contributed by atoms with Crippen molar-refractivity contribution in [2.45, 2.75) is 19.8 Å². The fourth-order valence-corrected chi connectivity index (χ4v) is 2.66. The minimum absolute atomic E-state index is 0.0637. The summed E-state index contributed by atoms with van der Waals surface area (Å²) < 4.78 is 13.2. The van der Waals surface area contributed by atoms with Crippen LogP contribution in [0.3, 0.4) is 0 Å². The Morgan fingerprint density at radius 2 is 1.91 bits per heavy atom. The van der Waals surface area contributed by atoms with Gasteiger partial charge >= 0.3 is 6.03 Å². The molecular weight excluding hydrogens is 321 g/mol. The maximum Gasteiger partial charge on any atom is 0.317 e. The summed E-state index contributed by atoms with van der Waals surface area (Å²) >= 11 is 5.74. The standard InChI is InChI=1S/C16H21ClFN3O2/c1-2-6-19-16(23)21-8-3-7-20(9-10-21)15(22)12-4-5-14(18)13(17)11-12/h4-5,11H,2-3,6-10H2,1H3,(H,19,23). The predicted molar refractivity (Wildman–Crippen MR) is 87.2 cm³/mol. The Labute approximate surface area is 140 Å². The van der Waals surface area contributed by atoms with Gasteiger partial charge in [0.15, 0.2) is 0 Å². The second-order valence-corrected chi connectivity index (χ2v) is 5.90. The fraction of sp³-hybridized carbons (Fsp3) is 0.500. The lowest BCUT2D eigenvalue weighted by molar-refractivity contribution is 0.0762. The average Bonchev–Trinajstić information content (AvgIpc) is 2.80. The molecule has 0 spiro atoms. The van der Waals surface area contributed by atoms with Crippen LogP contribution in [0.1, 0.15) is 30.1 Å². The van der Waals surface area contributed by atoms with Gasteiger partial charge in [-0.2, -0.15) is 0 Å². The van der Waals surface area contributed by atoms with Crippen LogP contribution in [0.5, 0.6) is 0 Å². The van der Waals surface area contributed by atoms with Gasteiger partial charge in [-0.1, -0.05) is 18.5 Å². The number of urea groups is 1. The summed E-state index contributed by atoms with van der Waals surface area (Å²) in [5.41, 5.74) is 0.361.